The molecule has 0 atom stereocenters. The Morgan fingerprint density at radius 3 is 2.46 bits per heavy atom. The van der Waals surface area contributed by atoms with E-state index in [0.717, 1.165) is 27.9 Å². The van der Waals surface area contributed by atoms with Gasteiger partial charge in [0.15, 0.2) is 0 Å². The number of phenolic OH excluding ortho intramolecular Hbond substituents is 1. The van der Waals surface area contributed by atoms with Crippen LogP contribution in [-0.4, -0.2) is 22.2 Å². The molecule has 4 aromatic rings. The number of aromatic nitrogens is 2. The molecule has 1 heterocycles. The van der Waals surface area contributed by atoms with Crippen LogP contribution in [0.5, 0.6) is 11.5 Å². The third-order valence-electron chi connectivity index (χ3n) is 4.35. The van der Waals surface area contributed by atoms with Gasteiger partial charge in [0.2, 0.25) is 5.95 Å². The van der Waals surface area contributed by atoms with Gasteiger partial charge in [-0.25, -0.2) is 4.98 Å². The summed E-state index contributed by atoms with van der Waals surface area (Å²) in [6.45, 7) is 1.96. The Bertz CT molecular complexity index is 1130. The lowest BCUT2D eigenvalue weighted by atomic mass is 10.2. The Kier molecular flexibility index (Phi) is 4.68. The van der Waals surface area contributed by atoms with Crippen molar-refractivity contribution in [3.8, 4) is 11.5 Å². The van der Waals surface area contributed by atoms with Crippen LogP contribution < -0.4 is 15.4 Å². The molecule has 3 N–H and O–H groups in total. The van der Waals surface area contributed by atoms with Crippen LogP contribution in [0.3, 0.4) is 0 Å². The van der Waals surface area contributed by atoms with Gasteiger partial charge < -0.3 is 20.5 Å². The monoisotopic (exact) mass is 372 g/mol. The minimum Gasteiger partial charge on any atom is -0.506 e. The lowest BCUT2D eigenvalue weighted by Crippen LogP contribution is -2.02. The van der Waals surface area contributed by atoms with Crippen molar-refractivity contribution < 1.29 is 9.84 Å². The zero-order valence-electron chi connectivity index (χ0n) is 15.6. The molecule has 0 aliphatic heterocycles. The number of anilines is 4. The Hall–Kier alpha value is -3.80. The van der Waals surface area contributed by atoms with E-state index in [4.69, 9.17) is 4.74 Å². The molecule has 0 aliphatic rings. The summed E-state index contributed by atoms with van der Waals surface area (Å²) in [5.41, 5.74) is 3.26. The Balaban J connectivity index is 1.73. The fourth-order valence-corrected chi connectivity index (χ4v) is 2.91. The number of rotatable bonds is 5. The predicted octanol–water partition coefficient (Wildman–Crippen LogP) is 5.14. The highest BCUT2D eigenvalue weighted by Gasteiger charge is 2.10. The number of hydrogen-bond acceptors (Lipinski definition) is 6. The molecule has 0 unspecified atom stereocenters. The maximum Gasteiger partial charge on any atom is 0.229 e. The lowest BCUT2D eigenvalue weighted by molar-refractivity contribution is 0.415. The van der Waals surface area contributed by atoms with Crippen molar-refractivity contribution in [2.75, 3.05) is 17.7 Å². The van der Waals surface area contributed by atoms with Crippen molar-refractivity contribution in [1.29, 1.82) is 0 Å². The molecule has 6 heteroatoms. The van der Waals surface area contributed by atoms with Crippen LogP contribution >= 0.6 is 0 Å². The van der Waals surface area contributed by atoms with Crippen LogP contribution in [0.15, 0.2) is 66.7 Å². The normalized spacial score (nSPS) is 10.6. The SMILES string of the molecule is COc1ccc(Nc2nc(Nc3cc(C)ccc3O)nc3ccccc23)cc1. The second-order valence-corrected chi connectivity index (χ2v) is 6.41. The summed E-state index contributed by atoms with van der Waals surface area (Å²) in [6.07, 6.45) is 0. The highest BCUT2D eigenvalue weighted by Crippen LogP contribution is 2.30. The maximum atomic E-state index is 10.1. The Labute approximate surface area is 162 Å². The van der Waals surface area contributed by atoms with Gasteiger partial charge in [-0.15, -0.1) is 0 Å². The van der Waals surface area contributed by atoms with Crippen molar-refractivity contribution >= 4 is 34.0 Å². The summed E-state index contributed by atoms with van der Waals surface area (Å²) in [5.74, 6) is 2.00. The first-order chi connectivity index (χ1) is 13.6. The third kappa shape index (κ3) is 3.66. The number of aryl methyl sites for hydroxylation is 1. The van der Waals surface area contributed by atoms with Gasteiger partial charge in [0.25, 0.3) is 0 Å². The van der Waals surface area contributed by atoms with Gasteiger partial charge in [-0.1, -0.05) is 18.2 Å². The highest BCUT2D eigenvalue weighted by molar-refractivity contribution is 5.92. The van der Waals surface area contributed by atoms with Gasteiger partial charge in [0.05, 0.1) is 18.3 Å². The standard InChI is InChI=1S/C22H20N4O2/c1-14-7-12-20(27)19(13-14)25-22-24-18-6-4-3-5-17(18)21(26-22)23-15-8-10-16(28-2)11-9-15/h3-13,27H,1-2H3,(H2,23,24,25,26). The van der Waals surface area contributed by atoms with Gasteiger partial charge in [-0.05, 0) is 61.0 Å². The van der Waals surface area contributed by atoms with E-state index >= 15 is 0 Å². The number of nitrogens with one attached hydrogen (secondary N) is 2. The van der Waals surface area contributed by atoms with Crippen molar-refractivity contribution in [1.82, 2.24) is 9.97 Å². The molecule has 0 amide bonds. The number of nitrogens with zero attached hydrogens (tertiary/aromatic N) is 2. The van der Waals surface area contributed by atoms with E-state index in [1.54, 1.807) is 13.2 Å². The largest absolute Gasteiger partial charge is 0.506 e. The van der Waals surface area contributed by atoms with Crippen LogP contribution in [0.25, 0.3) is 10.9 Å². The molecule has 0 bridgehead atoms. The second kappa shape index (κ2) is 7.44. The van der Waals surface area contributed by atoms with Crippen LogP contribution in [-0.2, 0) is 0 Å². The topological polar surface area (TPSA) is 79.3 Å². The summed E-state index contributed by atoms with van der Waals surface area (Å²) >= 11 is 0. The first-order valence-corrected chi connectivity index (χ1v) is 8.87. The molecule has 0 radical (unpaired) electrons. The average molecular weight is 372 g/mol. The fourth-order valence-electron chi connectivity index (χ4n) is 2.91. The quantitative estimate of drug-likeness (QED) is 0.421. The molecule has 140 valence electrons. The molecule has 0 saturated carbocycles. The molecule has 6 nitrogen and oxygen atoms in total. The molecule has 0 fully saturated rings. The van der Waals surface area contributed by atoms with E-state index in [0.29, 0.717) is 17.5 Å². The molecule has 4 rings (SSSR count). The van der Waals surface area contributed by atoms with Crippen molar-refractivity contribution in [2.45, 2.75) is 6.92 Å². The Morgan fingerprint density at radius 2 is 1.68 bits per heavy atom. The lowest BCUT2D eigenvalue weighted by Gasteiger charge is -2.13. The Morgan fingerprint density at radius 1 is 0.893 bits per heavy atom. The average Bonchev–Trinajstić information content (AvgIpc) is 2.71. The molecule has 0 spiro atoms. The number of benzene rings is 3. The highest BCUT2D eigenvalue weighted by atomic mass is 16.5. The van der Waals surface area contributed by atoms with Crippen molar-refractivity contribution in [3.63, 3.8) is 0 Å². The molecule has 28 heavy (non-hydrogen) atoms. The molecule has 0 aliphatic carbocycles. The summed E-state index contributed by atoms with van der Waals surface area (Å²) < 4.78 is 5.21. The molecule has 3 aromatic carbocycles. The number of para-hydroxylation sites is 1. The summed E-state index contributed by atoms with van der Waals surface area (Å²) in [4.78, 5) is 9.21. The summed E-state index contributed by atoms with van der Waals surface area (Å²) in [7, 11) is 1.64. The zero-order chi connectivity index (χ0) is 19.5. The summed E-state index contributed by atoms with van der Waals surface area (Å²) in [5, 5.41) is 17.5. The maximum absolute atomic E-state index is 10.1. The number of phenols is 1. The minimum atomic E-state index is 0.145. The van der Waals surface area contributed by atoms with Gasteiger partial charge in [-0.3, -0.25) is 0 Å². The van der Waals surface area contributed by atoms with E-state index in [-0.39, 0.29) is 5.75 Å². The van der Waals surface area contributed by atoms with E-state index < -0.39 is 0 Å². The first kappa shape index (κ1) is 17.6. The predicted molar refractivity (Wildman–Crippen MR) is 112 cm³/mol. The molecular formula is C22H20N4O2. The number of fused-ring (bicyclic) bond motifs is 1. The molecule has 1 aromatic heterocycles. The number of hydrogen-bond donors (Lipinski definition) is 3. The van der Waals surface area contributed by atoms with Crippen molar-refractivity contribution in [2.24, 2.45) is 0 Å². The van der Waals surface area contributed by atoms with Gasteiger partial charge in [-0.2, -0.15) is 4.98 Å². The van der Waals surface area contributed by atoms with Gasteiger partial charge in [0.1, 0.15) is 17.3 Å². The molecular weight excluding hydrogens is 352 g/mol. The van der Waals surface area contributed by atoms with E-state index in [9.17, 15) is 5.11 Å². The fraction of sp³-hybridized carbons (Fsp3) is 0.0909. The van der Waals surface area contributed by atoms with Gasteiger partial charge in [0, 0.05) is 11.1 Å². The van der Waals surface area contributed by atoms with Crippen LogP contribution in [0.1, 0.15) is 5.56 Å². The van der Waals surface area contributed by atoms with Crippen LogP contribution in [0.2, 0.25) is 0 Å². The number of methoxy groups -OCH3 is 1. The smallest absolute Gasteiger partial charge is 0.229 e. The van der Waals surface area contributed by atoms with Crippen molar-refractivity contribution in [3.05, 3.63) is 72.3 Å². The van der Waals surface area contributed by atoms with Crippen LogP contribution in [0, 0.1) is 6.92 Å². The van der Waals surface area contributed by atoms with E-state index in [1.165, 1.54) is 0 Å². The van der Waals surface area contributed by atoms with E-state index in [2.05, 4.69) is 20.6 Å². The first-order valence-electron chi connectivity index (χ1n) is 8.87. The third-order valence-corrected chi connectivity index (χ3v) is 4.35. The van der Waals surface area contributed by atoms with Crippen LogP contribution in [0.4, 0.5) is 23.1 Å². The molecule has 0 saturated heterocycles. The summed E-state index contributed by atoms with van der Waals surface area (Å²) in [6, 6.07) is 20.7. The second-order valence-electron chi connectivity index (χ2n) is 6.41. The zero-order valence-corrected chi connectivity index (χ0v) is 15.6. The van der Waals surface area contributed by atoms with Gasteiger partial charge >= 0.3 is 0 Å². The number of aromatic hydroxyl groups is 1. The minimum absolute atomic E-state index is 0.145. The van der Waals surface area contributed by atoms with E-state index in [1.807, 2.05) is 67.6 Å². The number of ether oxygens (including phenoxy) is 1.